The van der Waals surface area contributed by atoms with E-state index in [0.717, 1.165) is 69.3 Å². The van der Waals surface area contributed by atoms with Gasteiger partial charge in [0.1, 0.15) is 0 Å². The van der Waals surface area contributed by atoms with Crippen LogP contribution in [0, 0.1) is 12.8 Å². The Balaban J connectivity index is 1.59. The number of benzene rings is 1. The van der Waals surface area contributed by atoms with E-state index in [-0.39, 0.29) is 5.56 Å². The molecule has 0 amide bonds. The number of nitrogens with two attached hydrogens (primary N) is 1. The van der Waals surface area contributed by atoms with Gasteiger partial charge >= 0.3 is 0 Å². The first-order valence-corrected chi connectivity index (χ1v) is 10.8. The molecule has 3 N–H and O–H groups in total. The first kappa shape index (κ1) is 21.1. The average Bonchev–Trinajstić information content (AvgIpc) is 2.71. The Kier molecular flexibility index (Phi) is 7.44. The maximum absolute atomic E-state index is 12.4. The van der Waals surface area contributed by atoms with Crippen LogP contribution in [0.5, 0.6) is 0 Å². The zero-order valence-electron chi connectivity index (χ0n) is 17.7. The minimum atomic E-state index is -0.0956. The van der Waals surface area contributed by atoms with Crippen molar-refractivity contribution in [2.24, 2.45) is 16.6 Å². The van der Waals surface area contributed by atoms with Gasteiger partial charge < -0.3 is 10.6 Å². The van der Waals surface area contributed by atoms with Crippen LogP contribution in [0.1, 0.15) is 55.8 Å². The van der Waals surface area contributed by atoms with Crippen molar-refractivity contribution in [1.29, 1.82) is 0 Å². The van der Waals surface area contributed by atoms with Crippen LogP contribution >= 0.6 is 0 Å². The summed E-state index contributed by atoms with van der Waals surface area (Å²) in [6.07, 6.45) is 7.30. The standard InChI is InChI=1S/C23H33N5O/c1-3-4-6-11-20-17(2)25-23(26-21(20)29)27-22(24)28-14-12-19(13-15-28)16-18-9-7-5-8-10-18/h5,7-10,19H,3-4,6,11-16H2,1-2H3,(H3,24,25,26,27,29). The van der Waals surface area contributed by atoms with E-state index >= 15 is 0 Å². The molecule has 0 spiro atoms. The van der Waals surface area contributed by atoms with Crippen molar-refractivity contribution < 1.29 is 0 Å². The lowest BCUT2D eigenvalue weighted by molar-refractivity contribution is 0.263. The Bertz CT molecular complexity index is 867. The molecule has 29 heavy (non-hydrogen) atoms. The second kappa shape index (κ2) is 10.2. The van der Waals surface area contributed by atoms with Gasteiger partial charge in [-0.05, 0) is 50.5 Å². The smallest absolute Gasteiger partial charge is 0.255 e. The van der Waals surface area contributed by atoms with Gasteiger partial charge in [0.2, 0.25) is 5.95 Å². The quantitative estimate of drug-likeness (QED) is 0.425. The summed E-state index contributed by atoms with van der Waals surface area (Å²) in [6.45, 7) is 5.79. The lowest BCUT2D eigenvalue weighted by Gasteiger charge is -2.32. The fraction of sp³-hybridized carbons (Fsp3) is 0.522. The van der Waals surface area contributed by atoms with Gasteiger partial charge in [-0.15, -0.1) is 0 Å². The van der Waals surface area contributed by atoms with E-state index in [0.29, 0.717) is 17.8 Å². The second-order valence-electron chi connectivity index (χ2n) is 8.00. The molecule has 1 aromatic heterocycles. The lowest BCUT2D eigenvalue weighted by atomic mass is 9.90. The van der Waals surface area contributed by atoms with Gasteiger partial charge in [0.05, 0.1) is 5.69 Å². The number of aliphatic imine (C=N–C) groups is 1. The summed E-state index contributed by atoms with van der Waals surface area (Å²) in [7, 11) is 0. The van der Waals surface area contributed by atoms with Crippen molar-refractivity contribution in [3.63, 3.8) is 0 Å². The Hall–Kier alpha value is -2.63. The number of rotatable bonds is 7. The van der Waals surface area contributed by atoms with Crippen LogP contribution in [-0.4, -0.2) is 33.9 Å². The minimum absolute atomic E-state index is 0.0956. The molecule has 1 fully saturated rings. The highest BCUT2D eigenvalue weighted by Gasteiger charge is 2.21. The van der Waals surface area contributed by atoms with Gasteiger partial charge in [-0.25, -0.2) is 4.98 Å². The molecule has 1 saturated heterocycles. The number of guanidine groups is 1. The average molecular weight is 396 g/mol. The van der Waals surface area contributed by atoms with Crippen LogP contribution in [-0.2, 0) is 12.8 Å². The molecule has 0 radical (unpaired) electrons. The van der Waals surface area contributed by atoms with Crippen molar-refractivity contribution >= 4 is 11.9 Å². The van der Waals surface area contributed by atoms with Crippen molar-refractivity contribution in [3.8, 4) is 0 Å². The molecule has 6 heteroatoms. The molecule has 1 aliphatic rings. The molecule has 0 atom stereocenters. The van der Waals surface area contributed by atoms with Gasteiger partial charge in [0.25, 0.3) is 5.56 Å². The summed E-state index contributed by atoms with van der Waals surface area (Å²) >= 11 is 0. The number of aryl methyl sites for hydroxylation is 1. The molecule has 6 nitrogen and oxygen atoms in total. The summed E-state index contributed by atoms with van der Waals surface area (Å²) in [6, 6.07) is 10.6. The molecule has 156 valence electrons. The van der Waals surface area contributed by atoms with Crippen molar-refractivity contribution in [1.82, 2.24) is 14.9 Å². The van der Waals surface area contributed by atoms with E-state index in [1.54, 1.807) is 0 Å². The van der Waals surface area contributed by atoms with Gasteiger partial charge in [-0.1, -0.05) is 50.1 Å². The van der Waals surface area contributed by atoms with E-state index in [2.05, 4.69) is 57.1 Å². The van der Waals surface area contributed by atoms with Crippen molar-refractivity contribution in [2.75, 3.05) is 13.1 Å². The molecule has 1 aliphatic heterocycles. The fourth-order valence-corrected chi connectivity index (χ4v) is 3.99. The number of aromatic nitrogens is 2. The summed E-state index contributed by atoms with van der Waals surface area (Å²) in [5.74, 6) is 1.41. The fourth-order valence-electron chi connectivity index (χ4n) is 3.99. The molecule has 0 aliphatic carbocycles. The Morgan fingerprint density at radius 3 is 2.62 bits per heavy atom. The molecule has 1 aromatic carbocycles. The molecule has 2 heterocycles. The molecule has 0 unspecified atom stereocenters. The summed E-state index contributed by atoms with van der Waals surface area (Å²) in [4.78, 5) is 26.2. The topological polar surface area (TPSA) is 87.4 Å². The van der Waals surface area contributed by atoms with Crippen LogP contribution in [0.4, 0.5) is 5.95 Å². The predicted molar refractivity (Wildman–Crippen MR) is 119 cm³/mol. The van der Waals surface area contributed by atoms with E-state index in [4.69, 9.17) is 5.73 Å². The number of hydrogen-bond acceptors (Lipinski definition) is 3. The van der Waals surface area contributed by atoms with Gasteiger partial charge in [0.15, 0.2) is 5.96 Å². The van der Waals surface area contributed by atoms with Crippen LogP contribution in [0.15, 0.2) is 40.1 Å². The van der Waals surface area contributed by atoms with Crippen LogP contribution in [0.25, 0.3) is 0 Å². The summed E-state index contributed by atoms with van der Waals surface area (Å²) in [5, 5.41) is 0. The number of piperidine rings is 1. The SMILES string of the molecule is CCCCCc1c(C)nc(/N=C(\N)N2CCC(Cc3ccccc3)CC2)[nH]c1=O. The summed E-state index contributed by atoms with van der Waals surface area (Å²) < 4.78 is 0. The third-order valence-electron chi connectivity index (χ3n) is 5.77. The number of nitrogens with zero attached hydrogens (tertiary/aromatic N) is 3. The number of aromatic amines is 1. The largest absolute Gasteiger partial charge is 0.369 e. The molecular weight excluding hydrogens is 362 g/mol. The van der Waals surface area contributed by atoms with Crippen molar-refractivity contribution in [3.05, 3.63) is 57.5 Å². The molecule has 3 rings (SSSR count). The number of hydrogen-bond donors (Lipinski definition) is 2. The van der Waals surface area contributed by atoms with E-state index in [9.17, 15) is 4.79 Å². The van der Waals surface area contributed by atoms with E-state index in [1.165, 1.54) is 5.56 Å². The normalized spacial score (nSPS) is 15.7. The number of H-pyrrole nitrogens is 1. The summed E-state index contributed by atoms with van der Waals surface area (Å²) in [5.41, 5.74) is 9.04. The Morgan fingerprint density at radius 1 is 1.24 bits per heavy atom. The van der Waals surface area contributed by atoms with Crippen LogP contribution < -0.4 is 11.3 Å². The van der Waals surface area contributed by atoms with Crippen molar-refractivity contribution in [2.45, 2.75) is 58.8 Å². The number of unbranched alkanes of at least 4 members (excludes halogenated alkanes) is 2. The Labute approximate surface area is 173 Å². The molecule has 0 saturated carbocycles. The lowest BCUT2D eigenvalue weighted by Crippen LogP contribution is -2.43. The van der Waals surface area contributed by atoms with Crippen LogP contribution in [0.3, 0.4) is 0 Å². The highest BCUT2D eigenvalue weighted by Crippen LogP contribution is 2.22. The third kappa shape index (κ3) is 5.92. The van der Waals surface area contributed by atoms with Gasteiger partial charge in [-0.3, -0.25) is 9.78 Å². The maximum Gasteiger partial charge on any atom is 0.255 e. The first-order valence-electron chi connectivity index (χ1n) is 10.8. The molecular formula is C23H33N5O. The first-order chi connectivity index (χ1) is 14.1. The van der Waals surface area contributed by atoms with Crippen LogP contribution in [0.2, 0.25) is 0 Å². The highest BCUT2D eigenvalue weighted by molar-refractivity contribution is 5.80. The molecule has 2 aromatic rings. The highest BCUT2D eigenvalue weighted by atomic mass is 16.1. The Morgan fingerprint density at radius 2 is 1.97 bits per heavy atom. The maximum atomic E-state index is 12.4. The second-order valence-corrected chi connectivity index (χ2v) is 8.00. The van der Waals surface area contributed by atoms with E-state index < -0.39 is 0 Å². The number of likely N-dealkylation sites (tertiary alicyclic amines) is 1. The monoisotopic (exact) mass is 395 g/mol. The zero-order valence-corrected chi connectivity index (χ0v) is 17.7. The van der Waals surface area contributed by atoms with E-state index in [1.807, 2.05) is 6.92 Å². The predicted octanol–water partition coefficient (Wildman–Crippen LogP) is 3.71. The number of nitrogens with one attached hydrogen (secondary N) is 1. The third-order valence-corrected chi connectivity index (χ3v) is 5.77. The minimum Gasteiger partial charge on any atom is -0.369 e. The van der Waals surface area contributed by atoms with Gasteiger partial charge in [0, 0.05) is 18.7 Å². The molecule has 0 bridgehead atoms. The zero-order chi connectivity index (χ0) is 20.6. The van der Waals surface area contributed by atoms with Gasteiger partial charge in [-0.2, -0.15) is 4.99 Å².